The quantitative estimate of drug-likeness (QED) is 0.679. The average molecular weight is 460 g/mol. The molecule has 1 unspecified atom stereocenters. The van der Waals surface area contributed by atoms with Gasteiger partial charge in [0.2, 0.25) is 0 Å². The van der Waals surface area contributed by atoms with E-state index in [4.69, 9.17) is 0 Å². The second-order valence-electron chi connectivity index (χ2n) is 9.41. The van der Waals surface area contributed by atoms with Gasteiger partial charge in [-0.2, -0.15) is 8.42 Å². The zero-order valence-corrected chi connectivity index (χ0v) is 20.5. The molecule has 1 aliphatic rings. The topological polar surface area (TPSA) is 95.5 Å². The van der Waals surface area contributed by atoms with Crippen molar-refractivity contribution >= 4 is 27.6 Å². The lowest BCUT2D eigenvalue weighted by molar-refractivity contribution is 0.0981. The van der Waals surface area contributed by atoms with Crippen LogP contribution in [0, 0.1) is 11.8 Å². The van der Waals surface area contributed by atoms with Crippen molar-refractivity contribution in [1.82, 2.24) is 14.7 Å². The number of nitrogens with zero attached hydrogens (tertiary/aromatic N) is 4. The molecule has 2 aromatic heterocycles. The largest absolute Gasteiger partial charge is 0.359 e. The average Bonchev–Trinajstić information content (AvgIpc) is 2.99. The summed E-state index contributed by atoms with van der Waals surface area (Å²) in [6, 6.07) is 8.00. The van der Waals surface area contributed by atoms with Gasteiger partial charge >= 0.3 is 0 Å². The molecule has 3 heterocycles. The van der Waals surface area contributed by atoms with Gasteiger partial charge in [0.1, 0.15) is 11.6 Å². The number of amides is 1. The van der Waals surface area contributed by atoms with Gasteiger partial charge in [-0.1, -0.05) is 26.8 Å². The number of anilines is 2. The lowest BCUT2D eigenvalue weighted by atomic mass is 9.90. The summed E-state index contributed by atoms with van der Waals surface area (Å²) < 4.78 is 28.1. The summed E-state index contributed by atoms with van der Waals surface area (Å²) in [5, 5.41) is -0.195. The highest BCUT2D eigenvalue weighted by Gasteiger charge is 2.40. The molecule has 3 rings (SSSR count). The van der Waals surface area contributed by atoms with E-state index in [1.807, 2.05) is 11.9 Å². The number of nitrogens with one attached hydrogen (secondary N) is 1. The van der Waals surface area contributed by atoms with Crippen molar-refractivity contribution in [3.8, 4) is 0 Å². The van der Waals surface area contributed by atoms with Gasteiger partial charge in [-0.25, -0.2) is 14.7 Å². The molecule has 0 bridgehead atoms. The lowest BCUT2D eigenvalue weighted by Gasteiger charge is -2.36. The lowest BCUT2D eigenvalue weighted by Crippen LogP contribution is -2.43. The molecule has 0 aromatic carbocycles. The number of carbonyl (C=O) groups excluding carboxylic acids is 1. The van der Waals surface area contributed by atoms with Gasteiger partial charge in [0, 0.05) is 31.9 Å². The van der Waals surface area contributed by atoms with Crippen LogP contribution in [0.5, 0.6) is 0 Å². The van der Waals surface area contributed by atoms with Crippen LogP contribution in [0.25, 0.3) is 0 Å². The molecule has 0 radical (unpaired) electrons. The molecule has 1 fully saturated rings. The number of pyridine rings is 2. The molecule has 1 N–H and O–H groups in total. The first-order chi connectivity index (χ1) is 14.9. The van der Waals surface area contributed by atoms with Crippen molar-refractivity contribution in [1.29, 1.82) is 0 Å². The Balaban J connectivity index is 1.87. The van der Waals surface area contributed by atoms with Crippen molar-refractivity contribution in [3.63, 3.8) is 0 Å². The SMILES string of the molecule is CC(C)CN(C)c1cccc(S(=O)(=O)NC(=O)c2cccnc2N2CCC(C)C2(C)C)n1. The number of aromatic nitrogens is 2. The molecular formula is C23H33N5O3S. The van der Waals surface area contributed by atoms with E-state index in [1.165, 1.54) is 6.07 Å². The molecule has 1 aliphatic heterocycles. The molecule has 8 nitrogen and oxygen atoms in total. The van der Waals surface area contributed by atoms with Crippen LogP contribution in [0.4, 0.5) is 11.6 Å². The van der Waals surface area contributed by atoms with E-state index >= 15 is 0 Å². The van der Waals surface area contributed by atoms with Crippen LogP contribution in [0.3, 0.4) is 0 Å². The van der Waals surface area contributed by atoms with Crippen molar-refractivity contribution in [2.75, 3.05) is 29.9 Å². The Kier molecular flexibility index (Phi) is 6.78. The normalized spacial score (nSPS) is 18.1. The van der Waals surface area contributed by atoms with Crippen LogP contribution in [0.15, 0.2) is 41.6 Å². The van der Waals surface area contributed by atoms with Gasteiger partial charge in [0.15, 0.2) is 5.03 Å². The molecule has 9 heteroatoms. The van der Waals surface area contributed by atoms with Gasteiger partial charge in [0.05, 0.1) is 5.56 Å². The summed E-state index contributed by atoms with van der Waals surface area (Å²) in [4.78, 5) is 25.7. The van der Waals surface area contributed by atoms with Gasteiger partial charge in [-0.15, -0.1) is 0 Å². The third-order valence-electron chi connectivity index (χ3n) is 6.22. The van der Waals surface area contributed by atoms with Crippen molar-refractivity contribution in [3.05, 3.63) is 42.1 Å². The van der Waals surface area contributed by atoms with E-state index in [-0.39, 0.29) is 16.1 Å². The summed E-state index contributed by atoms with van der Waals surface area (Å²) >= 11 is 0. The molecule has 2 aromatic rings. The Bertz CT molecular complexity index is 1080. The Labute approximate surface area is 191 Å². The molecular weight excluding hydrogens is 426 g/mol. The summed E-state index contributed by atoms with van der Waals surface area (Å²) in [5.41, 5.74) is 0.0328. The van der Waals surface area contributed by atoms with Crippen molar-refractivity contribution in [2.24, 2.45) is 11.8 Å². The summed E-state index contributed by atoms with van der Waals surface area (Å²) in [7, 11) is -2.30. The molecule has 174 valence electrons. The smallest absolute Gasteiger partial charge is 0.281 e. The van der Waals surface area contributed by atoms with E-state index in [0.717, 1.165) is 19.5 Å². The first-order valence-electron chi connectivity index (χ1n) is 10.9. The van der Waals surface area contributed by atoms with Crippen LogP contribution in [-0.4, -0.2) is 50.0 Å². The van der Waals surface area contributed by atoms with Crippen LogP contribution < -0.4 is 14.5 Å². The van der Waals surface area contributed by atoms with Crippen LogP contribution >= 0.6 is 0 Å². The Morgan fingerprint density at radius 2 is 2.00 bits per heavy atom. The Morgan fingerprint density at radius 3 is 2.62 bits per heavy atom. The Morgan fingerprint density at radius 1 is 1.28 bits per heavy atom. The number of hydrogen-bond donors (Lipinski definition) is 1. The Hall–Kier alpha value is -2.68. The van der Waals surface area contributed by atoms with Gasteiger partial charge in [-0.05, 0) is 56.4 Å². The fourth-order valence-electron chi connectivity index (χ4n) is 4.04. The maximum absolute atomic E-state index is 13.1. The molecule has 0 spiro atoms. The number of sulfonamides is 1. The highest BCUT2D eigenvalue weighted by molar-refractivity contribution is 7.90. The fraction of sp³-hybridized carbons (Fsp3) is 0.522. The minimum absolute atomic E-state index is 0.195. The fourth-order valence-corrected chi connectivity index (χ4v) is 4.97. The standard InChI is InChI=1S/C23H33N5O3S/c1-16(2)15-27(6)19-10-7-11-20(25-19)32(30,31)26-22(29)18-9-8-13-24-21(18)28-14-12-17(3)23(28,4)5/h7-11,13,16-17H,12,14-15H2,1-6H3,(H,26,29). The summed E-state index contributed by atoms with van der Waals surface area (Å²) in [6.45, 7) is 12.0. The van der Waals surface area contributed by atoms with Gasteiger partial charge < -0.3 is 9.80 Å². The highest BCUT2D eigenvalue weighted by atomic mass is 32.2. The predicted molar refractivity (Wildman–Crippen MR) is 126 cm³/mol. The summed E-state index contributed by atoms with van der Waals surface area (Å²) in [5.74, 6) is 1.12. The maximum Gasteiger partial charge on any atom is 0.281 e. The molecule has 0 aliphatic carbocycles. The predicted octanol–water partition coefficient (Wildman–Crippen LogP) is 3.31. The number of hydrogen-bond acceptors (Lipinski definition) is 7. The van der Waals surface area contributed by atoms with Crippen LogP contribution in [0.2, 0.25) is 0 Å². The highest BCUT2D eigenvalue weighted by Crippen LogP contribution is 2.38. The van der Waals surface area contributed by atoms with E-state index in [9.17, 15) is 13.2 Å². The molecule has 32 heavy (non-hydrogen) atoms. The zero-order valence-electron chi connectivity index (χ0n) is 19.7. The second kappa shape index (κ2) is 9.05. The first kappa shape index (κ1) is 24.0. The second-order valence-corrected chi connectivity index (χ2v) is 11.0. The van der Waals surface area contributed by atoms with E-state index in [2.05, 4.69) is 54.2 Å². The molecule has 1 saturated heterocycles. The summed E-state index contributed by atoms with van der Waals surface area (Å²) in [6.07, 6.45) is 2.60. The van der Waals surface area contributed by atoms with E-state index < -0.39 is 15.9 Å². The minimum atomic E-state index is -4.16. The van der Waals surface area contributed by atoms with Crippen LogP contribution in [-0.2, 0) is 10.0 Å². The zero-order chi connectivity index (χ0) is 23.7. The molecule has 1 amide bonds. The number of rotatable bonds is 7. The monoisotopic (exact) mass is 459 g/mol. The van der Waals surface area contributed by atoms with E-state index in [0.29, 0.717) is 23.5 Å². The van der Waals surface area contributed by atoms with Crippen molar-refractivity contribution < 1.29 is 13.2 Å². The van der Waals surface area contributed by atoms with Crippen LogP contribution in [0.1, 0.15) is 51.4 Å². The maximum atomic E-state index is 13.1. The van der Waals surface area contributed by atoms with Gasteiger partial charge in [0.25, 0.3) is 15.9 Å². The molecule has 0 saturated carbocycles. The van der Waals surface area contributed by atoms with Crippen molar-refractivity contribution in [2.45, 2.75) is 51.6 Å². The third-order valence-corrected chi connectivity index (χ3v) is 7.45. The van der Waals surface area contributed by atoms with E-state index in [1.54, 1.807) is 30.5 Å². The van der Waals surface area contributed by atoms with Gasteiger partial charge in [-0.3, -0.25) is 4.79 Å². The molecule has 1 atom stereocenters. The minimum Gasteiger partial charge on any atom is -0.359 e. The third kappa shape index (κ3) is 4.87. The first-order valence-corrected chi connectivity index (χ1v) is 12.4. The number of carbonyl (C=O) groups is 1.